The molecule has 0 aliphatic heterocycles. The lowest BCUT2D eigenvalue weighted by Crippen LogP contribution is -2.20. The molecule has 2 heterocycles. The minimum Gasteiger partial charge on any atom is -0.467 e. The number of halogens is 3. The van der Waals surface area contributed by atoms with Gasteiger partial charge in [-0.2, -0.15) is 28.2 Å². The number of nitrogens with zero attached hydrogens (tertiary/aromatic N) is 3. The van der Waals surface area contributed by atoms with Crippen molar-refractivity contribution < 1.29 is 17.9 Å². The molecule has 2 aromatic rings. The van der Waals surface area contributed by atoms with E-state index >= 15 is 0 Å². The Bertz CT molecular complexity index is 554. The molecule has 0 radical (unpaired) electrons. The molecule has 6 nitrogen and oxygen atoms in total. The fourth-order valence-electron chi connectivity index (χ4n) is 1.38. The van der Waals surface area contributed by atoms with Gasteiger partial charge in [0.15, 0.2) is 12.3 Å². The van der Waals surface area contributed by atoms with Crippen molar-refractivity contribution >= 4 is 17.0 Å². The number of nitrogens with one attached hydrogen (secondary N) is 2. The summed E-state index contributed by atoms with van der Waals surface area (Å²) in [4.78, 5) is 7.99. The van der Waals surface area contributed by atoms with Gasteiger partial charge in [0.05, 0.1) is 6.20 Å². The van der Waals surface area contributed by atoms with Crippen LogP contribution in [0.4, 0.5) is 19.1 Å². The molecule has 0 aliphatic carbocycles. The van der Waals surface area contributed by atoms with Crippen molar-refractivity contribution in [1.82, 2.24) is 20.2 Å². The van der Waals surface area contributed by atoms with E-state index in [1.54, 1.807) is 0 Å². The van der Waals surface area contributed by atoms with Gasteiger partial charge >= 0.3 is 6.18 Å². The summed E-state index contributed by atoms with van der Waals surface area (Å²) in [6, 6.07) is 0. The quantitative estimate of drug-likeness (QED) is 0.874. The van der Waals surface area contributed by atoms with E-state index in [4.69, 9.17) is 0 Å². The van der Waals surface area contributed by atoms with Crippen molar-refractivity contribution in [3.63, 3.8) is 0 Å². The van der Waals surface area contributed by atoms with Crippen LogP contribution < -0.4 is 10.1 Å². The molecule has 104 valence electrons. The van der Waals surface area contributed by atoms with Gasteiger partial charge in [-0.25, -0.2) is 0 Å². The van der Waals surface area contributed by atoms with Crippen LogP contribution in [0.15, 0.2) is 6.20 Å². The average Bonchev–Trinajstić information content (AvgIpc) is 2.80. The minimum atomic E-state index is -4.42. The molecule has 0 bridgehead atoms. The number of aromatic amines is 1. The minimum absolute atomic E-state index is 0.144. The first-order valence-corrected chi connectivity index (χ1v) is 5.64. The summed E-state index contributed by atoms with van der Waals surface area (Å²) in [7, 11) is 0. The van der Waals surface area contributed by atoms with Gasteiger partial charge in [-0.1, -0.05) is 6.92 Å². The molecule has 9 heteroatoms. The van der Waals surface area contributed by atoms with E-state index in [1.165, 1.54) is 6.20 Å². The molecule has 0 saturated carbocycles. The van der Waals surface area contributed by atoms with Gasteiger partial charge in [-0.3, -0.25) is 5.10 Å². The van der Waals surface area contributed by atoms with E-state index in [0.29, 0.717) is 17.6 Å². The Labute approximate surface area is 106 Å². The van der Waals surface area contributed by atoms with Gasteiger partial charge in [0.25, 0.3) is 0 Å². The molecule has 0 fully saturated rings. The van der Waals surface area contributed by atoms with E-state index < -0.39 is 12.8 Å². The first-order chi connectivity index (χ1) is 8.99. The van der Waals surface area contributed by atoms with Gasteiger partial charge in [-0.15, -0.1) is 0 Å². The van der Waals surface area contributed by atoms with E-state index in [0.717, 1.165) is 6.42 Å². The first-order valence-electron chi connectivity index (χ1n) is 5.64. The lowest BCUT2D eigenvalue weighted by Gasteiger charge is -2.10. The highest BCUT2D eigenvalue weighted by molar-refractivity contribution is 5.80. The predicted octanol–water partition coefficient (Wildman–Crippen LogP) is 2.12. The third kappa shape index (κ3) is 3.46. The summed E-state index contributed by atoms with van der Waals surface area (Å²) in [6.07, 6.45) is -2.26. The molecule has 0 saturated heterocycles. The maximum Gasteiger partial charge on any atom is 0.422 e. The summed E-state index contributed by atoms with van der Waals surface area (Å²) < 4.78 is 41.2. The van der Waals surface area contributed by atoms with Crippen LogP contribution in [0.5, 0.6) is 5.88 Å². The number of rotatable bonds is 5. The van der Waals surface area contributed by atoms with Crippen LogP contribution in [0.25, 0.3) is 11.0 Å². The van der Waals surface area contributed by atoms with Crippen LogP contribution in [-0.4, -0.2) is 39.5 Å². The summed E-state index contributed by atoms with van der Waals surface area (Å²) in [5.74, 6) is 0.0606. The van der Waals surface area contributed by atoms with Gasteiger partial charge in [0.1, 0.15) is 5.39 Å². The number of ether oxygens (including phenoxy) is 1. The molecule has 19 heavy (non-hydrogen) atoms. The van der Waals surface area contributed by atoms with E-state index in [2.05, 4.69) is 30.2 Å². The van der Waals surface area contributed by atoms with Crippen molar-refractivity contribution in [2.75, 3.05) is 18.5 Å². The van der Waals surface area contributed by atoms with Crippen molar-refractivity contribution in [3.05, 3.63) is 6.20 Å². The smallest absolute Gasteiger partial charge is 0.422 e. The van der Waals surface area contributed by atoms with Crippen molar-refractivity contribution in [2.45, 2.75) is 19.5 Å². The molecule has 0 unspecified atom stereocenters. The van der Waals surface area contributed by atoms with Crippen molar-refractivity contribution in [1.29, 1.82) is 0 Å². The van der Waals surface area contributed by atoms with Crippen molar-refractivity contribution in [3.8, 4) is 5.88 Å². The summed E-state index contributed by atoms with van der Waals surface area (Å²) in [6.45, 7) is 1.15. The zero-order valence-electron chi connectivity index (χ0n) is 10.1. The standard InChI is InChI=1S/C10H12F3N5O/c1-2-3-14-9-16-7-6(4-15-18-7)8(17-9)19-5-10(11,12)13/h4H,2-3,5H2,1H3,(H2,14,15,16,17,18). The Morgan fingerprint density at radius 3 is 2.84 bits per heavy atom. The van der Waals surface area contributed by atoms with Crippen LogP contribution in [0.2, 0.25) is 0 Å². The monoisotopic (exact) mass is 275 g/mol. The van der Waals surface area contributed by atoms with Gasteiger partial charge in [0.2, 0.25) is 11.8 Å². The second kappa shape index (κ2) is 5.29. The largest absolute Gasteiger partial charge is 0.467 e. The fraction of sp³-hybridized carbons (Fsp3) is 0.500. The highest BCUT2D eigenvalue weighted by atomic mass is 19.4. The Balaban J connectivity index is 2.26. The summed E-state index contributed by atoms with van der Waals surface area (Å²) in [5, 5.41) is 9.48. The number of H-pyrrole nitrogens is 1. The zero-order valence-corrected chi connectivity index (χ0v) is 10.1. The Morgan fingerprint density at radius 1 is 1.37 bits per heavy atom. The number of anilines is 1. The topological polar surface area (TPSA) is 75.7 Å². The predicted molar refractivity (Wildman–Crippen MR) is 62.0 cm³/mol. The molecule has 0 spiro atoms. The SMILES string of the molecule is CCCNc1nc(OCC(F)(F)F)c2cn[nH]c2n1. The van der Waals surface area contributed by atoms with Crippen LogP contribution in [0.3, 0.4) is 0 Å². The molecule has 0 amide bonds. The van der Waals surface area contributed by atoms with E-state index in [1.807, 2.05) is 6.92 Å². The molecule has 0 atom stereocenters. The van der Waals surface area contributed by atoms with Gasteiger partial charge < -0.3 is 10.1 Å². The number of hydrogen-bond donors (Lipinski definition) is 2. The van der Waals surface area contributed by atoms with Gasteiger partial charge in [0, 0.05) is 6.54 Å². The number of aromatic nitrogens is 4. The normalized spacial score (nSPS) is 11.8. The molecule has 2 N–H and O–H groups in total. The molecular weight excluding hydrogens is 263 g/mol. The lowest BCUT2D eigenvalue weighted by molar-refractivity contribution is -0.153. The molecule has 2 aromatic heterocycles. The van der Waals surface area contributed by atoms with Crippen LogP contribution in [-0.2, 0) is 0 Å². The van der Waals surface area contributed by atoms with E-state index in [9.17, 15) is 13.2 Å². The Kier molecular flexibility index (Phi) is 3.72. The molecule has 0 aliphatic rings. The Morgan fingerprint density at radius 2 is 2.16 bits per heavy atom. The third-order valence-electron chi connectivity index (χ3n) is 2.18. The first kappa shape index (κ1) is 13.4. The highest BCUT2D eigenvalue weighted by Crippen LogP contribution is 2.24. The maximum absolute atomic E-state index is 12.2. The second-order valence-electron chi connectivity index (χ2n) is 3.82. The van der Waals surface area contributed by atoms with Crippen molar-refractivity contribution in [2.24, 2.45) is 0 Å². The number of alkyl halides is 3. The summed E-state index contributed by atoms with van der Waals surface area (Å²) in [5.41, 5.74) is 0.325. The zero-order chi connectivity index (χ0) is 13.9. The fourth-order valence-corrected chi connectivity index (χ4v) is 1.38. The lowest BCUT2D eigenvalue weighted by atomic mass is 10.4. The van der Waals surface area contributed by atoms with Crippen LogP contribution in [0, 0.1) is 0 Å². The maximum atomic E-state index is 12.2. The number of hydrogen-bond acceptors (Lipinski definition) is 5. The third-order valence-corrected chi connectivity index (χ3v) is 2.18. The second-order valence-corrected chi connectivity index (χ2v) is 3.82. The molecular formula is C10H12F3N5O. The highest BCUT2D eigenvalue weighted by Gasteiger charge is 2.29. The van der Waals surface area contributed by atoms with Crippen LogP contribution >= 0.6 is 0 Å². The molecule has 2 rings (SSSR count). The average molecular weight is 275 g/mol. The molecule has 0 aromatic carbocycles. The summed E-state index contributed by atoms with van der Waals surface area (Å²) >= 11 is 0. The number of fused-ring (bicyclic) bond motifs is 1. The Hall–Kier alpha value is -2.06. The van der Waals surface area contributed by atoms with Crippen LogP contribution in [0.1, 0.15) is 13.3 Å². The van der Waals surface area contributed by atoms with Gasteiger partial charge in [-0.05, 0) is 6.42 Å². The van der Waals surface area contributed by atoms with E-state index in [-0.39, 0.29) is 11.8 Å².